The van der Waals surface area contributed by atoms with Gasteiger partial charge >= 0.3 is 5.97 Å². The Morgan fingerprint density at radius 1 is 0.806 bits per heavy atom. The maximum Gasteiger partial charge on any atom is 0.326 e. The molecule has 15 heteroatoms. The van der Waals surface area contributed by atoms with E-state index in [-0.39, 0.29) is 44.4 Å². The second-order valence-electron chi connectivity index (χ2n) is 6.47. The number of carbonyl (C=O) groups excluding carboxylic acids is 3. The highest BCUT2D eigenvalue weighted by atomic mass is 16.4. The number of aliphatic carboxylic acids is 1. The van der Waals surface area contributed by atoms with Crippen molar-refractivity contribution in [2.75, 3.05) is 26.2 Å². The van der Waals surface area contributed by atoms with Gasteiger partial charge in [0.05, 0.1) is 13.1 Å². The average Bonchev–Trinajstić information content (AvgIpc) is 2.69. The van der Waals surface area contributed by atoms with Gasteiger partial charge in [-0.3, -0.25) is 25.2 Å². The lowest BCUT2D eigenvalue weighted by Gasteiger charge is -2.22. The van der Waals surface area contributed by atoms with Crippen LogP contribution in [0, 0.1) is 10.8 Å². The van der Waals surface area contributed by atoms with Crippen LogP contribution in [-0.4, -0.2) is 79.0 Å². The topological polar surface area (TPSA) is 274 Å². The van der Waals surface area contributed by atoms with Gasteiger partial charge in [-0.05, 0) is 25.7 Å². The molecule has 14 N–H and O–H groups in total. The second kappa shape index (κ2) is 15.3. The molecule has 0 saturated carbocycles. The normalized spacial score (nSPS) is 12.0. The first-order chi connectivity index (χ1) is 14.6. The summed E-state index contributed by atoms with van der Waals surface area (Å²) in [4.78, 5) is 47.3. The predicted octanol–water partition coefficient (Wildman–Crippen LogP) is -4.36. The minimum atomic E-state index is -1.25. The number of rotatable bonds is 15. The van der Waals surface area contributed by atoms with Crippen molar-refractivity contribution in [3.8, 4) is 0 Å². The number of hydrogen-bond donors (Lipinski definition) is 11. The summed E-state index contributed by atoms with van der Waals surface area (Å²) in [5, 5.41) is 35.7. The molecule has 0 heterocycles. The minimum Gasteiger partial charge on any atom is -0.480 e. The molecule has 2 atom stereocenters. The molecule has 0 unspecified atom stereocenters. The molecule has 0 saturated heterocycles. The van der Waals surface area contributed by atoms with E-state index in [4.69, 9.17) is 28.0 Å². The van der Waals surface area contributed by atoms with Gasteiger partial charge in [0.25, 0.3) is 0 Å². The zero-order valence-corrected chi connectivity index (χ0v) is 17.1. The molecule has 0 rings (SSSR count). The zero-order chi connectivity index (χ0) is 23.8. The number of nitrogens with one attached hydrogen (secondary N) is 7. The molecule has 0 radical (unpaired) electrons. The summed E-state index contributed by atoms with van der Waals surface area (Å²) < 4.78 is 0. The van der Waals surface area contributed by atoms with E-state index in [1.165, 1.54) is 0 Å². The Bertz CT molecular complexity index is 657. The molecule has 0 aliphatic heterocycles. The lowest BCUT2D eigenvalue weighted by molar-refractivity contribution is -0.142. The number of carboxylic acids is 1. The molecule has 0 aromatic carbocycles. The smallest absolute Gasteiger partial charge is 0.326 e. The molecule has 176 valence electrons. The Morgan fingerprint density at radius 2 is 1.32 bits per heavy atom. The van der Waals surface area contributed by atoms with Crippen LogP contribution in [0.3, 0.4) is 0 Å². The highest BCUT2D eigenvalue weighted by molar-refractivity contribution is 5.92. The van der Waals surface area contributed by atoms with Crippen molar-refractivity contribution in [3.05, 3.63) is 0 Å². The summed E-state index contributed by atoms with van der Waals surface area (Å²) in [6.45, 7) is -0.179. The Hall–Kier alpha value is -3.62. The molecule has 3 amide bonds. The van der Waals surface area contributed by atoms with Gasteiger partial charge in [0.2, 0.25) is 17.7 Å². The lowest BCUT2D eigenvalue weighted by Crippen LogP contribution is -2.53. The zero-order valence-electron chi connectivity index (χ0n) is 17.1. The number of carboxylic acid groups (broad SMARTS) is 1. The van der Waals surface area contributed by atoms with Gasteiger partial charge in [0, 0.05) is 13.1 Å². The molecule has 0 aliphatic rings. The maximum absolute atomic E-state index is 12.6. The Morgan fingerprint density at radius 3 is 1.77 bits per heavy atom. The fourth-order valence-corrected chi connectivity index (χ4v) is 2.35. The van der Waals surface area contributed by atoms with Crippen molar-refractivity contribution in [3.63, 3.8) is 0 Å². The SMILES string of the molecule is N=C(N)NCCC[C@H](NC(=O)[C@H](CCCNC(=N)N)NC(=O)CNC(=O)CN)C(=O)O. The Kier molecular flexibility index (Phi) is 13.5. The van der Waals surface area contributed by atoms with Crippen LogP contribution in [0.25, 0.3) is 0 Å². The molecule has 0 bridgehead atoms. The summed E-state index contributed by atoms with van der Waals surface area (Å²) in [6, 6.07) is -2.29. The molecule has 0 aliphatic carbocycles. The van der Waals surface area contributed by atoms with E-state index >= 15 is 0 Å². The van der Waals surface area contributed by atoms with Crippen molar-refractivity contribution in [2.45, 2.75) is 37.8 Å². The molecular formula is C16H32N10O5. The number of guanidine groups is 2. The number of nitrogens with two attached hydrogens (primary N) is 3. The quantitative estimate of drug-likeness (QED) is 0.0655. The summed E-state index contributed by atoms with van der Waals surface area (Å²) >= 11 is 0. The summed E-state index contributed by atoms with van der Waals surface area (Å²) in [6.07, 6.45) is 0.857. The maximum atomic E-state index is 12.6. The van der Waals surface area contributed by atoms with Crippen molar-refractivity contribution in [2.24, 2.45) is 17.2 Å². The van der Waals surface area contributed by atoms with Gasteiger partial charge in [0.1, 0.15) is 12.1 Å². The van der Waals surface area contributed by atoms with Crippen LogP contribution >= 0.6 is 0 Å². The molecule has 31 heavy (non-hydrogen) atoms. The van der Waals surface area contributed by atoms with Crippen molar-refractivity contribution in [1.82, 2.24) is 26.6 Å². The molecule has 0 aromatic rings. The second-order valence-corrected chi connectivity index (χ2v) is 6.47. The Labute approximate surface area is 179 Å². The van der Waals surface area contributed by atoms with Gasteiger partial charge in [-0.2, -0.15) is 0 Å². The standard InChI is InChI=1S/C16H32N10O5/c17-7-11(27)24-8-12(28)25-9(3-1-5-22-15(18)19)13(29)26-10(14(30)31)4-2-6-23-16(20)21/h9-10H,1-8,17H2,(H,24,27)(H,25,28)(H,26,29)(H,30,31)(H4,18,19,22)(H4,20,21,23)/t9-,10-/m0/s1. The third kappa shape index (κ3) is 14.1. The Balaban J connectivity index is 4.93. The van der Waals surface area contributed by atoms with Crippen molar-refractivity contribution < 1.29 is 24.3 Å². The van der Waals surface area contributed by atoms with E-state index in [1.54, 1.807) is 0 Å². The van der Waals surface area contributed by atoms with E-state index in [0.29, 0.717) is 12.8 Å². The van der Waals surface area contributed by atoms with E-state index in [1.807, 2.05) is 0 Å². The molecule has 15 nitrogen and oxygen atoms in total. The van der Waals surface area contributed by atoms with Crippen LogP contribution in [0.5, 0.6) is 0 Å². The number of hydrogen-bond acceptors (Lipinski definition) is 7. The lowest BCUT2D eigenvalue weighted by atomic mass is 10.1. The predicted molar refractivity (Wildman–Crippen MR) is 112 cm³/mol. The minimum absolute atomic E-state index is 0.0699. The third-order valence-corrected chi connectivity index (χ3v) is 3.87. The monoisotopic (exact) mass is 444 g/mol. The highest BCUT2D eigenvalue weighted by Gasteiger charge is 2.26. The van der Waals surface area contributed by atoms with Gasteiger partial charge in [-0.15, -0.1) is 0 Å². The number of amides is 3. The average molecular weight is 444 g/mol. The molecule has 0 aromatic heterocycles. The first-order valence-corrected chi connectivity index (χ1v) is 9.51. The third-order valence-electron chi connectivity index (χ3n) is 3.87. The van der Waals surface area contributed by atoms with Crippen LogP contribution in [0.4, 0.5) is 0 Å². The van der Waals surface area contributed by atoms with Gasteiger partial charge < -0.3 is 48.9 Å². The van der Waals surface area contributed by atoms with E-state index in [2.05, 4.69) is 26.6 Å². The van der Waals surface area contributed by atoms with Crippen LogP contribution in [0.15, 0.2) is 0 Å². The van der Waals surface area contributed by atoms with Crippen LogP contribution in [0.2, 0.25) is 0 Å². The van der Waals surface area contributed by atoms with E-state index < -0.39 is 42.3 Å². The van der Waals surface area contributed by atoms with Gasteiger partial charge in [-0.25, -0.2) is 4.79 Å². The molecular weight excluding hydrogens is 412 g/mol. The first kappa shape index (κ1) is 27.4. The highest BCUT2D eigenvalue weighted by Crippen LogP contribution is 2.02. The molecule has 0 fully saturated rings. The number of carbonyl (C=O) groups is 4. The fourth-order valence-electron chi connectivity index (χ4n) is 2.35. The first-order valence-electron chi connectivity index (χ1n) is 9.51. The largest absolute Gasteiger partial charge is 0.480 e. The van der Waals surface area contributed by atoms with E-state index in [0.717, 1.165) is 0 Å². The van der Waals surface area contributed by atoms with Crippen molar-refractivity contribution >= 4 is 35.6 Å². The fraction of sp³-hybridized carbons (Fsp3) is 0.625. The van der Waals surface area contributed by atoms with Crippen LogP contribution in [0.1, 0.15) is 25.7 Å². The molecule has 0 spiro atoms. The van der Waals surface area contributed by atoms with Gasteiger partial charge in [-0.1, -0.05) is 0 Å². The summed E-state index contributed by atoms with van der Waals surface area (Å²) in [5.74, 6) is -3.67. The van der Waals surface area contributed by atoms with Gasteiger partial charge in [0.15, 0.2) is 11.9 Å². The van der Waals surface area contributed by atoms with Crippen LogP contribution < -0.4 is 43.8 Å². The van der Waals surface area contributed by atoms with E-state index in [9.17, 15) is 24.3 Å². The summed E-state index contributed by atoms with van der Waals surface area (Å²) in [5.41, 5.74) is 15.5. The van der Waals surface area contributed by atoms with Crippen molar-refractivity contribution in [1.29, 1.82) is 10.8 Å². The summed E-state index contributed by atoms with van der Waals surface area (Å²) in [7, 11) is 0. The van der Waals surface area contributed by atoms with Crippen LogP contribution in [-0.2, 0) is 19.2 Å².